The van der Waals surface area contributed by atoms with E-state index in [0.29, 0.717) is 25.2 Å². The largest absolute Gasteiger partial charge is 0.350 e. The number of nitrogens with one attached hydrogen (secondary N) is 2. The molecule has 1 amide bonds. The lowest BCUT2D eigenvalue weighted by atomic mass is 10.1. The number of piperidine rings is 1. The fraction of sp³-hybridized carbons (Fsp3) is 0.588. The van der Waals surface area contributed by atoms with Crippen molar-refractivity contribution < 1.29 is 13.2 Å². The summed E-state index contributed by atoms with van der Waals surface area (Å²) in [5, 5.41) is 5.89. The van der Waals surface area contributed by atoms with Crippen molar-refractivity contribution in [3.8, 4) is 0 Å². The quantitative estimate of drug-likeness (QED) is 0.779. The summed E-state index contributed by atoms with van der Waals surface area (Å²) in [5.41, 5.74) is 1.18. The molecular weight excluding hydrogens is 362 g/mol. The number of carbonyl (C=O) groups excluding carboxylic acids is 1. The van der Waals surface area contributed by atoms with Crippen molar-refractivity contribution in [3.05, 3.63) is 29.3 Å². The second kappa shape index (κ2) is 9.52. The summed E-state index contributed by atoms with van der Waals surface area (Å²) in [6, 6.07) is 4.94. The Balaban J connectivity index is 0.00000312. The molecule has 0 radical (unpaired) electrons. The third kappa shape index (κ3) is 5.41. The van der Waals surface area contributed by atoms with Crippen molar-refractivity contribution in [2.75, 3.05) is 26.7 Å². The first-order chi connectivity index (χ1) is 11.4. The number of likely N-dealkylation sites (N-methyl/N-ethyl adjacent to an activating group) is 1. The molecule has 1 saturated heterocycles. The van der Waals surface area contributed by atoms with Crippen LogP contribution in [0.15, 0.2) is 23.1 Å². The highest BCUT2D eigenvalue weighted by molar-refractivity contribution is 7.89. The Hall–Kier alpha value is -1.15. The average Bonchev–Trinajstić information content (AvgIpc) is 2.60. The summed E-state index contributed by atoms with van der Waals surface area (Å²) in [6.45, 7) is 5.37. The predicted molar refractivity (Wildman–Crippen MR) is 102 cm³/mol. The number of amides is 1. The molecule has 8 heteroatoms. The van der Waals surface area contributed by atoms with Gasteiger partial charge >= 0.3 is 0 Å². The van der Waals surface area contributed by atoms with E-state index in [1.807, 2.05) is 20.9 Å². The first kappa shape index (κ1) is 21.9. The number of hydrogen-bond donors (Lipinski definition) is 2. The van der Waals surface area contributed by atoms with E-state index >= 15 is 0 Å². The van der Waals surface area contributed by atoms with Crippen molar-refractivity contribution in [2.45, 2.75) is 44.0 Å². The highest BCUT2D eigenvalue weighted by atomic mass is 35.5. The van der Waals surface area contributed by atoms with Crippen LogP contribution in [0.25, 0.3) is 0 Å². The fourth-order valence-electron chi connectivity index (χ4n) is 2.70. The Kier molecular flexibility index (Phi) is 8.34. The van der Waals surface area contributed by atoms with Crippen LogP contribution in [0.3, 0.4) is 0 Å². The van der Waals surface area contributed by atoms with Crippen LogP contribution in [0.5, 0.6) is 0 Å². The summed E-state index contributed by atoms with van der Waals surface area (Å²) < 4.78 is 27.1. The van der Waals surface area contributed by atoms with Gasteiger partial charge < -0.3 is 10.6 Å². The Bertz CT molecular complexity index is 688. The van der Waals surface area contributed by atoms with Gasteiger partial charge in [-0.25, -0.2) is 8.42 Å². The first-order valence-corrected chi connectivity index (χ1v) is 9.86. The molecule has 1 aromatic carbocycles. The third-order valence-corrected chi connectivity index (χ3v) is 6.36. The zero-order valence-electron chi connectivity index (χ0n) is 15.0. The predicted octanol–water partition coefficient (Wildman–Crippen LogP) is 1.93. The van der Waals surface area contributed by atoms with Gasteiger partial charge in [0.1, 0.15) is 0 Å². The summed E-state index contributed by atoms with van der Waals surface area (Å²) >= 11 is 0. The Morgan fingerprint density at radius 2 is 1.88 bits per heavy atom. The molecule has 0 aromatic heterocycles. The van der Waals surface area contributed by atoms with Crippen LogP contribution in [-0.2, 0) is 10.0 Å². The number of hydrogen-bond acceptors (Lipinski definition) is 4. The number of halogens is 1. The average molecular weight is 390 g/mol. The van der Waals surface area contributed by atoms with E-state index in [1.165, 1.54) is 10.4 Å². The molecule has 0 spiro atoms. The maximum atomic E-state index is 12.8. The van der Waals surface area contributed by atoms with Gasteiger partial charge in [-0.1, -0.05) is 12.5 Å². The van der Waals surface area contributed by atoms with Crippen LogP contribution in [0.2, 0.25) is 0 Å². The van der Waals surface area contributed by atoms with Gasteiger partial charge in [0.25, 0.3) is 5.91 Å². The van der Waals surface area contributed by atoms with Crippen LogP contribution >= 0.6 is 12.4 Å². The van der Waals surface area contributed by atoms with E-state index in [-0.39, 0.29) is 29.3 Å². The van der Waals surface area contributed by atoms with E-state index in [0.717, 1.165) is 24.8 Å². The standard InChI is InChI=1S/C17H27N3O3S.ClH/c1-13-7-8-15(24(22,23)20-9-5-4-6-10-20)11-16(13)17(21)19-12-14(2)18-3;/h7-8,11,14,18H,4-6,9-10,12H2,1-3H3,(H,19,21);1H. The van der Waals surface area contributed by atoms with E-state index in [2.05, 4.69) is 10.6 Å². The Labute approximate surface area is 156 Å². The molecule has 142 valence electrons. The van der Waals surface area contributed by atoms with Crippen LogP contribution in [0.1, 0.15) is 42.1 Å². The van der Waals surface area contributed by atoms with Gasteiger partial charge in [0.15, 0.2) is 0 Å². The molecule has 25 heavy (non-hydrogen) atoms. The van der Waals surface area contributed by atoms with Gasteiger partial charge in [-0.15, -0.1) is 12.4 Å². The zero-order valence-corrected chi connectivity index (χ0v) is 16.7. The second-order valence-electron chi connectivity index (χ2n) is 6.34. The van der Waals surface area contributed by atoms with Gasteiger partial charge in [0.05, 0.1) is 4.90 Å². The lowest BCUT2D eigenvalue weighted by molar-refractivity contribution is 0.0949. The molecule has 1 unspecified atom stereocenters. The van der Waals surface area contributed by atoms with E-state index in [1.54, 1.807) is 12.1 Å². The van der Waals surface area contributed by atoms with Gasteiger partial charge in [-0.2, -0.15) is 4.31 Å². The molecule has 1 aliphatic heterocycles. The van der Waals surface area contributed by atoms with Gasteiger partial charge in [-0.05, 0) is 51.4 Å². The monoisotopic (exact) mass is 389 g/mol. The lowest BCUT2D eigenvalue weighted by Gasteiger charge is -2.26. The molecule has 1 aliphatic rings. The topological polar surface area (TPSA) is 78.5 Å². The molecule has 2 N–H and O–H groups in total. The van der Waals surface area contributed by atoms with Gasteiger partial charge in [0.2, 0.25) is 10.0 Å². The molecule has 2 rings (SSSR count). The summed E-state index contributed by atoms with van der Waals surface area (Å²) in [7, 11) is -1.70. The summed E-state index contributed by atoms with van der Waals surface area (Å²) in [5.74, 6) is -0.245. The number of rotatable bonds is 6. The molecular formula is C17H28ClN3O3S. The number of nitrogens with zero attached hydrogens (tertiary/aromatic N) is 1. The molecule has 1 fully saturated rings. The minimum absolute atomic E-state index is 0. The zero-order chi connectivity index (χ0) is 17.7. The molecule has 1 heterocycles. The smallest absolute Gasteiger partial charge is 0.251 e. The first-order valence-electron chi connectivity index (χ1n) is 8.42. The van der Waals surface area contributed by atoms with Crippen LogP contribution in [0, 0.1) is 6.92 Å². The molecule has 1 atom stereocenters. The SMILES string of the molecule is CNC(C)CNC(=O)c1cc(S(=O)(=O)N2CCCCC2)ccc1C.Cl. The summed E-state index contributed by atoms with van der Waals surface area (Å²) in [4.78, 5) is 12.6. The fourth-order valence-corrected chi connectivity index (χ4v) is 4.25. The lowest BCUT2D eigenvalue weighted by Crippen LogP contribution is -2.38. The van der Waals surface area contributed by atoms with E-state index < -0.39 is 10.0 Å². The molecule has 0 aliphatic carbocycles. The maximum Gasteiger partial charge on any atom is 0.251 e. The van der Waals surface area contributed by atoms with Crippen molar-refractivity contribution in [1.82, 2.24) is 14.9 Å². The van der Waals surface area contributed by atoms with Crippen molar-refractivity contribution >= 4 is 28.3 Å². The summed E-state index contributed by atoms with van der Waals surface area (Å²) in [6.07, 6.45) is 2.85. The highest BCUT2D eigenvalue weighted by Gasteiger charge is 2.27. The van der Waals surface area contributed by atoms with Gasteiger partial charge in [0, 0.05) is 31.2 Å². The van der Waals surface area contributed by atoms with Crippen molar-refractivity contribution in [2.24, 2.45) is 0 Å². The highest BCUT2D eigenvalue weighted by Crippen LogP contribution is 2.22. The minimum atomic E-state index is -3.53. The maximum absolute atomic E-state index is 12.8. The molecule has 6 nitrogen and oxygen atoms in total. The number of aryl methyl sites for hydroxylation is 1. The second-order valence-corrected chi connectivity index (χ2v) is 8.28. The van der Waals surface area contributed by atoms with Crippen LogP contribution < -0.4 is 10.6 Å². The number of benzene rings is 1. The number of sulfonamides is 1. The molecule has 0 saturated carbocycles. The van der Waals surface area contributed by atoms with Crippen LogP contribution in [0.4, 0.5) is 0 Å². The molecule has 0 bridgehead atoms. The Morgan fingerprint density at radius 3 is 2.48 bits per heavy atom. The Morgan fingerprint density at radius 1 is 1.24 bits per heavy atom. The van der Waals surface area contributed by atoms with E-state index in [9.17, 15) is 13.2 Å². The van der Waals surface area contributed by atoms with Crippen molar-refractivity contribution in [3.63, 3.8) is 0 Å². The number of carbonyl (C=O) groups is 1. The van der Waals surface area contributed by atoms with Gasteiger partial charge in [-0.3, -0.25) is 4.79 Å². The third-order valence-electron chi connectivity index (χ3n) is 4.47. The van der Waals surface area contributed by atoms with E-state index in [4.69, 9.17) is 0 Å². The van der Waals surface area contributed by atoms with Crippen molar-refractivity contribution in [1.29, 1.82) is 0 Å². The normalized spacial score (nSPS) is 16.8. The molecule has 1 aromatic rings. The minimum Gasteiger partial charge on any atom is -0.350 e. The van der Waals surface area contributed by atoms with Crippen LogP contribution in [-0.4, -0.2) is 51.4 Å².